The molecule has 6 heteroatoms. The number of hydrogen-bond acceptors (Lipinski definition) is 5. The highest BCUT2D eigenvalue weighted by atomic mass is 16.5. The monoisotopic (exact) mass is 278 g/mol. The number of piperidine rings is 1. The molecule has 2 heterocycles. The quantitative estimate of drug-likeness (QED) is 0.824. The molecule has 0 radical (unpaired) electrons. The summed E-state index contributed by atoms with van der Waals surface area (Å²) in [6.07, 6.45) is 6.81. The standard InChI is InChI=1S/C14H22N4O2/c1-20-9-8-18-6-2-12(3-7-18)10-17-14(19)13-11-15-4-5-16-13/h4-5,11-12H,2-3,6-10H2,1H3,(H,17,19). The molecule has 2 rings (SSSR count). The molecule has 1 saturated heterocycles. The van der Waals surface area contributed by atoms with Gasteiger partial charge in [-0.25, -0.2) is 4.98 Å². The fourth-order valence-corrected chi connectivity index (χ4v) is 2.38. The van der Waals surface area contributed by atoms with Gasteiger partial charge in [0.1, 0.15) is 5.69 Å². The molecule has 1 amide bonds. The van der Waals surface area contributed by atoms with E-state index in [1.54, 1.807) is 13.3 Å². The Morgan fingerprint density at radius 2 is 2.25 bits per heavy atom. The smallest absolute Gasteiger partial charge is 0.271 e. The van der Waals surface area contributed by atoms with Crippen LogP contribution in [0.3, 0.4) is 0 Å². The first-order chi connectivity index (χ1) is 9.79. The number of hydrogen-bond donors (Lipinski definition) is 1. The minimum absolute atomic E-state index is 0.139. The summed E-state index contributed by atoms with van der Waals surface area (Å²) in [6.45, 7) is 4.65. The number of methoxy groups -OCH3 is 1. The van der Waals surface area contributed by atoms with E-state index in [1.165, 1.54) is 12.4 Å². The van der Waals surface area contributed by atoms with Gasteiger partial charge in [-0.3, -0.25) is 9.78 Å². The molecule has 1 fully saturated rings. The van der Waals surface area contributed by atoms with Crippen LogP contribution >= 0.6 is 0 Å². The summed E-state index contributed by atoms with van der Waals surface area (Å²) in [5.74, 6) is 0.411. The lowest BCUT2D eigenvalue weighted by atomic mass is 9.97. The van der Waals surface area contributed by atoms with Crippen molar-refractivity contribution in [1.82, 2.24) is 20.2 Å². The molecule has 1 aromatic heterocycles. The zero-order valence-corrected chi connectivity index (χ0v) is 11.9. The second kappa shape index (κ2) is 7.91. The molecule has 6 nitrogen and oxygen atoms in total. The number of rotatable bonds is 6. The van der Waals surface area contributed by atoms with Gasteiger partial charge in [0.05, 0.1) is 12.8 Å². The van der Waals surface area contributed by atoms with E-state index in [4.69, 9.17) is 4.74 Å². The zero-order chi connectivity index (χ0) is 14.2. The molecule has 0 unspecified atom stereocenters. The lowest BCUT2D eigenvalue weighted by Crippen LogP contribution is -2.40. The van der Waals surface area contributed by atoms with Crippen molar-refractivity contribution in [3.8, 4) is 0 Å². The van der Waals surface area contributed by atoms with Gasteiger partial charge in [-0.2, -0.15) is 0 Å². The Balaban J connectivity index is 1.67. The number of nitrogens with zero attached hydrogens (tertiary/aromatic N) is 3. The van der Waals surface area contributed by atoms with Crippen LogP contribution in [0.5, 0.6) is 0 Å². The van der Waals surface area contributed by atoms with Crippen molar-refractivity contribution in [2.45, 2.75) is 12.8 Å². The zero-order valence-electron chi connectivity index (χ0n) is 11.9. The maximum Gasteiger partial charge on any atom is 0.271 e. The molecule has 0 atom stereocenters. The highest BCUT2D eigenvalue weighted by Gasteiger charge is 2.19. The van der Waals surface area contributed by atoms with Gasteiger partial charge < -0.3 is 15.0 Å². The average molecular weight is 278 g/mol. The van der Waals surface area contributed by atoms with Gasteiger partial charge in [-0.1, -0.05) is 0 Å². The molecular formula is C14H22N4O2. The Hall–Kier alpha value is -1.53. The summed E-state index contributed by atoms with van der Waals surface area (Å²) in [5, 5.41) is 2.94. The lowest BCUT2D eigenvalue weighted by Gasteiger charge is -2.31. The maximum atomic E-state index is 11.9. The summed E-state index contributed by atoms with van der Waals surface area (Å²) >= 11 is 0. The molecule has 110 valence electrons. The topological polar surface area (TPSA) is 67.3 Å². The van der Waals surface area contributed by atoms with E-state index in [0.29, 0.717) is 18.2 Å². The highest BCUT2D eigenvalue weighted by molar-refractivity contribution is 5.91. The largest absolute Gasteiger partial charge is 0.383 e. The number of aromatic nitrogens is 2. The third-order valence-electron chi connectivity index (χ3n) is 3.67. The van der Waals surface area contributed by atoms with Crippen LogP contribution in [0.25, 0.3) is 0 Å². The first-order valence-corrected chi connectivity index (χ1v) is 7.05. The van der Waals surface area contributed by atoms with Gasteiger partial charge in [-0.15, -0.1) is 0 Å². The van der Waals surface area contributed by atoms with E-state index in [9.17, 15) is 4.79 Å². The minimum atomic E-state index is -0.139. The maximum absolute atomic E-state index is 11.9. The molecule has 0 spiro atoms. The fraction of sp³-hybridized carbons (Fsp3) is 0.643. The van der Waals surface area contributed by atoms with Crippen molar-refractivity contribution < 1.29 is 9.53 Å². The third-order valence-corrected chi connectivity index (χ3v) is 3.67. The van der Waals surface area contributed by atoms with Crippen LogP contribution in [-0.4, -0.2) is 60.7 Å². The van der Waals surface area contributed by atoms with Crippen LogP contribution in [-0.2, 0) is 4.74 Å². The van der Waals surface area contributed by atoms with Crippen molar-refractivity contribution >= 4 is 5.91 Å². The van der Waals surface area contributed by atoms with Gasteiger partial charge >= 0.3 is 0 Å². The number of nitrogens with one attached hydrogen (secondary N) is 1. The Morgan fingerprint density at radius 1 is 1.45 bits per heavy atom. The van der Waals surface area contributed by atoms with E-state index in [1.807, 2.05) is 0 Å². The van der Waals surface area contributed by atoms with Gasteiger partial charge in [0.15, 0.2) is 0 Å². The fourth-order valence-electron chi connectivity index (χ4n) is 2.38. The van der Waals surface area contributed by atoms with E-state index in [-0.39, 0.29) is 5.91 Å². The van der Waals surface area contributed by atoms with Gasteiger partial charge in [0.2, 0.25) is 0 Å². The summed E-state index contributed by atoms with van der Waals surface area (Å²) in [4.78, 5) is 22.1. The molecule has 0 saturated carbocycles. The van der Waals surface area contributed by atoms with E-state index < -0.39 is 0 Å². The Morgan fingerprint density at radius 3 is 2.90 bits per heavy atom. The second-order valence-corrected chi connectivity index (χ2v) is 5.08. The second-order valence-electron chi connectivity index (χ2n) is 5.08. The van der Waals surface area contributed by atoms with Gasteiger partial charge in [-0.05, 0) is 31.8 Å². The molecule has 1 aliphatic heterocycles. The Labute approximate surface area is 119 Å². The predicted octanol–water partition coefficient (Wildman–Crippen LogP) is 0.565. The predicted molar refractivity (Wildman–Crippen MR) is 75.4 cm³/mol. The molecule has 1 aromatic rings. The van der Waals surface area contributed by atoms with Crippen LogP contribution in [0.1, 0.15) is 23.3 Å². The normalized spacial score (nSPS) is 17.1. The Bertz CT molecular complexity index is 405. The number of carbonyl (C=O) groups excluding carboxylic acids is 1. The van der Waals surface area contributed by atoms with E-state index in [0.717, 1.165) is 39.1 Å². The van der Waals surface area contributed by atoms with Crippen molar-refractivity contribution in [3.63, 3.8) is 0 Å². The van der Waals surface area contributed by atoms with Crippen LogP contribution in [0.4, 0.5) is 0 Å². The molecule has 1 N–H and O–H groups in total. The first-order valence-electron chi connectivity index (χ1n) is 7.05. The van der Waals surface area contributed by atoms with Crippen molar-refractivity contribution in [1.29, 1.82) is 0 Å². The minimum Gasteiger partial charge on any atom is -0.383 e. The average Bonchev–Trinajstić information content (AvgIpc) is 2.52. The van der Waals surface area contributed by atoms with E-state index >= 15 is 0 Å². The van der Waals surface area contributed by atoms with Crippen LogP contribution < -0.4 is 5.32 Å². The number of ether oxygens (including phenoxy) is 1. The van der Waals surface area contributed by atoms with Crippen LogP contribution in [0.2, 0.25) is 0 Å². The van der Waals surface area contributed by atoms with Crippen LogP contribution in [0.15, 0.2) is 18.6 Å². The first kappa shape index (κ1) is 14.9. The number of carbonyl (C=O) groups is 1. The number of likely N-dealkylation sites (tertiary alicyclic amines) is 1. The molecule has 20 heavy (non-hydrogen) atoms. The summed E-state index contributed by atoms with van der Waals surface area (Å²) in [6, 6.07) is 0. The van der Waals surface area contributed by atoms with Crippen molar-refractivity contribution in [2.24, 2.45) is 5.92 Å². The van der Waals surface area contributed by atoms with Gasteiger partial charge in [0, 0.05) is 32.6 Å². The summed E-state index contributed by atoms with van der Waals surface area (Å²) in [5.41, 5.74) is 0.380. The molecule has 0 aliphatic carbocycles. The lowest BCUT2D eigenvalue weighted by molar-refractivity contribution is 0.0921. The van der Waals surface area contributed by atoms with Crippen molar-refractivity contribution in [3.05, 3.63) is 24.3 Å². The molecule has 1 aliphatic rings. The third kappa shape index (κ3) is 4.54. The molecule has 0 bridgehead atoms. The summed E-state index contributed by atoms with van der Waals surface area (Å²) in [7, 11) is 1.73. The molecular weight excluding hydrogens is 256 g/mol. The Kier molecular flexibility index (Phi) is 5.88. The molecule has 0 aromatic carbocycles. The van der Waals surface area contributed by atoms with Gasteiger partial charge in [0.25, 0.3) is 5.91 Å². The highest BCUT2D eigenvalue weighted by Crippen LogP contribution is 2.16. The van der Waals surface area contributed by atoms with E-state index in [2.05, 4.69) is 20.2 Å². The SMILES string of the molecule is COCCN1CCC(CNC(=O)c2cnccn2)CC1. The van der Waals surface area contributed by atoms with Crippen LogP contribution in [0, 0.1) is 5.92 Å². The summed E-state index contributed by atoms with van der Waals surface area (Å²) < 4.78 is 5.09. The van der Waals surface area contributed by atoms with Crippen molar-refractivity contribution in [2.75, 3.05) is 39.9 Å². The number of amides is 1.